The molecule has 0 radical (unpaired) electrons. The van der Waals surface area contributed by atoms with Crippen molar-refractivity contribution >= 4 is 34.4 Å². The highest BCUT2D eigenvalue weighted by Crippen LogP contribution is 2.32. The molecule has 3 aliphatic rings. The molecule has 3 aromatic rings. The van der Waals surface area contributed by atoms with Crippen molar-refractivity contribution in [3.63, 3.8) is 0 Å². The molecule has 1 amide bonds. The van der Waals surface area contributed by atoms with Crippen molar-refractivity contribution in [3.05, 3.63) is 35.9 Å². The lowest BCUT2D eigenvalue weighted by molar-refractivity contribution is 0.0957. The average molecular weight is 490 g/mol. The second kappa shape index (κ2) is 9.51. The number of aromatic nitrogens is 3. The molecule has 2 fully saturated rings. The van der Waals surface area contributed by atoms with Gasteiger partial charge in [0.05, 0.1) is 55.2 Å². The molecule has 2 saturated heterocycles. The summed E-state index contributed by atoms with van der Waals surface area (Å²) in [5, 5.41) is 7.17. The molecule has 0 aliphatic carbocycles. The van der Waals surface area contributed by atoms with Gasteiger partial charge in [-0.1, -0.05) is 6.07 Å². The maximum absolute atomic E-state index is 12.3. The standard InChI is InChI=1S/C26H31N7O3/c1-16-14-35-11-9-32(16)24-20-5-6-21(18-3-4-19-22(13-18)27-7-8-28-25(19)34)29-23(20)30-26(31-24)33-10-12-36-15-17(33)2/h3-6,13,16-17,27H,7-12,14-15H2,1-2H3,(H,28,34). The second-order valence-corrected chi connectivity index (χ2v) is 9.59. The highest BCUT2D eigenvalue weighted by molar-refractivity contribution is 6.01. The third kappa shape index (κ3) is 4.20. The first-order valence-corrected chi connectivity index (χ1v) is 12.6. The van der Waals surface area contributed by atoms with E-state index >= 15 is 0 Å². The first kappa shape index (κ1) is 22.9. The quantitative estimate of drug-likeness (QED) is 0.573. The molecule has 1 aromatic carbocycles. The van der Waals surface area contributed by atoms with E-state index in [1.807, 2.05) is 24.3 Å². The van der Waals surface area contributed by atoms with E-state index in [2.05, 4.69) is 40.3 Å². The van der Waals surface area contributed by atoms with Gasteiger partial charge in [0, 0.05) is 37.4 Å². The summed E-state index contributed by atoms with van der Waals surface area (Å²) in [5.74, 6) is 1.51. The summed E-state index contributed by atoms with van der Waals surface area (Å²) >= 11 is 0. The largest absolute Gasteiger partial charge is 0.383 e. The van der Waals surface area contributed by atoms with E-state index in [9.17, 15) is 4.79 Å². The summed E-state index contributed by atoms with van der Waals surface area (Å²) in [4.78, 5) is 31.9. The number of ether oxygens (including phenoxy) is 2. The van der Waals surface area contributed by atoms with E-state index < -0.39 is 0 Å². The third-order valence-corrected chi connectivity index (χ3v) is 7.08. The summed E-state index contributed by atoms with van der Waals surface area (Å²) < 4.78 is 11.3. The zero-order valence-electron chi connectivity index (χ0n) is 20.7. The van der Waals surface area contributed by atoms with Crippen LogP contribution in [-0.4, -0.2) is 85.5 Å². The maximum Gasteiger partial charge on any atom is 0.253 e. The Morgan fingerprint density at radius 2 is 1.64 bits per heavy atom. The number of carbonyl (C=O) groups is 1. The van der Waals surface area contributed by atoms with E-state index in [1.54, 1.807) is 0 Å². The van der Waals surface area contributed by atoms with Gasteiger partial charge < -0.3 is 29.9 Å². The van der Waals surface area contributed by atoms with Crippen molar-refractivity contribution in [3.8, 4) is 11.3 Å². The fourth-order valence-corrected chi connectivity index (χ4v) is 5.07. The molecule has 5 heterocycles. The Labute approximate surface area is 210 Å². The zero-order chi connectivity index (χ0) is 24.6. The Hall–Kier alpha value is -3.50. The van der Waals surface area contributed by atoms with Crippen molar-refractivity contribution in [1.82, 2.24) is 20.3 Å². The van der Waals surface area contributed by atoms with Crippen LogP contribution < -0.4 is 20.4 Å². The Kier molecular flexibility index (Phi) is 6.06. The summed E-state index contributed by atoms with van der Waals surface area (Å²) in [6.07, 6.45) is 0. The Morgan fingerprint density at radius 3 is 2.42 bits per heavy atom. The monoisotopic (exact) mass is 489 g/mol. The van der Waals surface area contributed by atoms with Crippen molar-refractivity contribution in [1.29, 1.82) is 0 Å². The van der Waals surface area contributed by atoms with Crippen LogP contribution in [0.25, 0.3) is 22.3 Å². The fourth-order valence-electron chi connectivity index (χ4n) is 5.07. The number of benzene rings is 1. The molecule has 36 heavy (non-hydrogen) atoms. The summed E-state index contributed by atoms with van der Waals surface area (Å²) in [7, 11) is 0. The molecule has 2 aromatic heterocycles. The number of morpholine rings is 2. The lowest BCUT2D eigenvalue weighted by Gasteiger charge is -2.37. The van der Waals surface area contributed by atoms with Crippen LogP contribution in [0.15, 0.2) is 30.3 Å². The summed E-state index contributed by atoms with van der Waals surface area (Å²) in [6.45, 7) is 9.70. The van der Waals surface area contributed by atoms with Gasteiger partial charge >= 0.3 is 0 Å². The molecule has 188 valence electrons. The Bertz CT molecular complexity index is 1300. The van der Waals surface area contributed by atoms with Gasteiger partial charge in [-0.2, -0.15) is 9.97 Å². The van der Waals surface area contributed by atoms with Crippen LogP contribution in [0.5, 0.6) is 0 Å². The number of carbonyl (C=O) groups excluding carboxylic acids is 1. The van der Waals surface area contributed by atoms with Crippen LogP contribution in [-0.2, 0) is 9.47 Å². The molecule has 2 unspecified atom stereocenters. The van der Waals surface area contributed by atoms with Gasteiger partial charge in [0.15, 0.2) is 5.65 Å². The lowest BCUT2D eigenvalue weighted by Crippen LogP contribution is -2.46. The van der Waals surface area contributed by atoms with Crippen LogP contribution in [0.3, 0.4) is 0 Å². The fraction of sp³-hybridized carbons (Fsp3) is 0.462. The van der Waals surface area contributed by atoms with E-state index in [-0.39, 0.29) is 18.0 Å². The first-order chi connectivity index (χ1) is 17.6. The minimum absolute atomic E-state index is 0.0608. The van der Waals surface area contributed by atoms with Crippen molar-refractivity contribution in [2.75, 3.05) is 67.7 Å². The molecule has 6 rings (SSSR count). The van der Waals surface area contributed by atoms with E-state index in [1.165, 1.54) is 0 Å². The Morgan fingerprint density at radius 1 is 0.889 bits per heavy atom. The number of nitrogens with one attached hydrogen (secondary N) is 2. The molecule has 3 aliphatic heterocycles. The first-order valence-electron chi connectivity index (χ1n) is 12.6. The van der Waals surface area contributed by atoms with Crippen LogP contribution in [0.1, 0.15) is 24.2 Å². The number of amides is 1. The molecular weight excluding hydrogens is 458 g/mol. The SMILES string of the molecule is CC1COCCN1c1nc(N2CCOCC2C)c2ccc(-c3ccc4c(c3)NCCNC4=O)nc2n1. The minimum atomic E-state index is -0.0608. The lowest BCUT2D eigenvalue weighted by atomic mass is 10.0. The number of pyridine rings is 1. The minimum Gasteiger partial charge on any atom is -0.383 e. The number of anilines is 3. The normalized spacial score (nSPS) is 22.6. The van der Waals surface area contributed by atoms with Gasteiger partial charge in [0.1, 0.15) is 5.82 Å². The molecule has 0 bridgehead atoms. The van der Waals surface area contributed by atoms with Crippen molar-refractivity contribution in [2.24, 2.45) is 0 Å². The molecule has 10 heteroatoms. The predicted octanol–water partition coefficient (Wildman–Crippen LogP) is 2.30. The van der Waals surface area contributed by atoms with Gasteiger partial charge in [-0.25, -0.2) is 4.98 Å². The van der Waals surface area contributed by atoms with Crippen molar-refractivity contribution in [2.45, 2.75) is 25.9 Å². The highest BCUT2D eigenvalue weighted by Gasteiger charge is 2.27. The van der Waals surface area contributed by atoms with E-state index in [4.69, 9.17) is 24.4 Å². The van der Waals surface area contributed by atoms with Gasteiger partial charge in [-0.15, -0.1) is 0 Å². The maximum atomic E-state index is 12.3. The smallest absolute Gasteiger partial charge is 0.253 e. The van der Waals surface area contributed by atoms with Gasteiger partial charge in [-0.05, 0) is 38.1 Å². The van der Waals surface area contributed by atoms with Gasteiger partial charge in [-0.3, -0.25) is 4.79 Å². The van der Waals surface area contributed by atoms with E-state index in [0.29, 0.717) is 56.7 Å². The van der Waals surface area contributed by atoms with Gasteiger partial charge in [0.2, 0.25) is 5.95 Å². The van der Waals surface area contributed by atoms with Crippen LogP contribution >= 0.6 is 0 Å². The van der Waals surface area contributed by atoms with Crippen LogP contribution in [0, 0.1) is 0 Å². The number of nitrogens with zero attached hydrogens (tertiary/aromatic N) is 5. The second-order valence-electron chi connectivity index (χ2n) is 9.59. The Balaban J connectivity index is 1.46. The van der Waals surface area contributed by atoms with Crippen LogP contribution in [0.4, 0.5) is 17.5 Å². The van der Waals surface area contributed by atoms with Crippen molar-refractivity contribution < 1.29 is 14.3 Å². The predicted molar refractivity (Wildman–Crippen MR) is 139 cm³/mol. The topological polar surface area (TPSA) is 105 Å². The summed E-state index contributed by atoms with van der Waals surface area (Å²) in [5.41, 5.74) is 3.85. The molecular formula is C26H31N7O3. The molecule has 0 saturated carbocycles. The summed E-state index contributed by atoms with van der Waals surface area (Å²) in [6, 6.07) is 10.2. The van der Waals surface area contributed by atoms with E-state index in [0.717, 1.165) is 41.2 Å². The molecule has 2 atom stereocenters. The van der Waals surface area contributed by atoms with Crippen LogP contribution in [0.2, 0.25) is 0 Å². The molecule has 2 N–H and O–H groups in total. The molecule has 10 nitrogen and oxygen atoms in total. The zero-order valence-corrected chi connectivity index (χ0v) is 20.7. The number of hydrogen-bond donors (Lipinski definition) is 2. The number of rotatable bonds is 3. The molecule has 0 spiro atoms. The number of fused-ring (bicyclic) bond motifs is 2. The van der Waals surface area contributed by atoms with Gasteiger partial charge in [0.25, 0.3) is 5.91 Å². The third-order valence-electron chi connectivity index (χ3n) is 7.08. The average Bonchev–Trinajstić information content (AvgIpc) is 3.09. The highest BCUT2D eigenvalue weighted by atomic mass is 16.5. The number of hydrogen-bond acceptors (Lipinski definition) is 9.